The van der Waals surface area contributed by atoms with Gasteiger partial charge in [-0.1, -0.05) is 12.1 Å². The number of ether oxygens (including phenoxy) is 1. The van der Waals surface area contributed by atoms with Crippen molar-refractivity contribution in [3.05, 3.63) is 29.8 Å². The summed E-state index contributed by atoms with van der Waals surface area (Å²) in [5, 5.41) is 6.93. The minimum absolute atomic E-state index is 0.605. The maximum Gasteiger partial charge on any atom is 0.191 e. The zero-order chi connectivity index (χ0) is 15.4. The molecule has 4 heteroatoms. The fourth-order valence-electron chi connectivity index (χ4n) is 3.18. The molecule has 2 fully saturated rings. The summed E-state index contributed by atoms with van der Waals surface area (Å²) in [6.07, 6.45) is 6.65. The van der Waals surface area contributed by atoms with Crippen LogP contribution in [0.2, 0.25) is 0 Å². The Morgan fingerprint density at radius 1 is 1.23 bits per heavy atom. The molecule has 0 atom stereocenters. The number of rotatable bonds is 7. The number of guanidine groups is 1. The van der Waals surface area contributed by atoms with Gasteiger partial charge < -0.3 is 15.4 Å². The third-order valence-corrected chi connectivity index (χ3v) is 5.03. The molecule has 2 saturated carbocycles. The summed E-state index contributed by atoms with van der Waals surface area (Å²) in [5.41, 5.74) is 1.91. The predicted molar refractivity (Wildman–Crippen MR) is 90.5 cm³/mol. The molecular formula is C18H27N3O. The molecule has 0 aromatic heterocycles. The zero-order valence-electron chi connectivity index (χ0n) is 13.7. The van der Waals surface area contributed by atoms with E-state index in [9.17, 15) is 0 Å². The van der Waals surface area contributed by atoms with Crippen molar-refractivity contribution >= 4 is 5.96 Å². The Labute approximate surface area is 133 Å². The van der Waals surface area contributed by atoms with Crippen LogP contribution in [0.5, 0.6) is 5.75 Å². The standard InChI is InChI=1S/C18H27N3O/c1-19-17(21-13-18(10-11-18)15-5-6-15)20-12-9-14-3-7-16(22-2)8-4-14/h3-4,7-8,15H,5-6,9-13H2,1-2H3,(H2,19,20,21). The molecule has 0 aliphatic heterocycles. The van der Waals surface area contributed by atoms with Crippen molar-refractivity contribution in [1.82, 2.24) is 10.6 Å². The lowest BCUT2D eigenvalue weighted by Gasteiger charge is -2.18. The molecule has 2 N–H and O–H groups in total. The summed E-state index contributed by atoms with van der Waals surface area (Å²) in [6.45, 7) is 1.97. The smallest absolute Gasteiger partial charge is 0.191 e. The molecule has 0 heterocycles. The van der Waals surface area contributed by atoms with Crippen LogP contribution in [0, 0.1) is 11.3 Å². The summed E-state index contributed by atoms with van der Waals surface area (Å²) in [5.74, 6) is 2.82. The fraction of sp³-hybridized carbons (Fsp3) is 0.611. The topological polar surface area (TPSA) is 45.7 Å². The molecule has 2 aliphatic rings. The van der Waals surface area contributed by atoms with Crippen molar-refractivity contribution in [2.45, 2.75) is 32.1 Å². The normalized spacial score (nSPS) is 19.6. The molecule has 0 bridgehead atoms. The molecule has 22 heavy (non-hydrogen) atoms. The van der Waals surface area contributed by atoms with E-state index in [0.29, 0.717) is 5.41 Å². The van der Waals surface area contributed by atoms with Gasteiger partial charge in [-0.3, -0.25) is 4.99 Å². The highest BCUT2D eigenvalue weighted by Gasteiger charge is 2.53. The Bertz CT molecular complexity index is 516. The number of hydrogen-bond donors (Lipinski definition) is 2. The van der Waals surface area contributed by atoms with Gasteiger partial charge in [0.1, 0.15) is 5.75 Å². The van der Waals surface area contributed by atoms with Gasteiger partial charge in [0.05, 0.1) is 7.11 Å². The summed E-state index contributed by atoms with van der Waals surface area (Å²) in [6, 6.07) is 8.25. The highest BCUT2D eigenvalue weighted by molar-refractivity contribution is 5.79. The molecule has 1 aromatic carbocycles. The SMILES string of the molecule is CN=C(NCCc1ccc(OC)cc1)NCC1(C2CC2)CC1. The molecule has 4 nitrogen and oxygen atoms in total. The average Bonchev–Trinajstić information content (AvgIpc) is 3.44. The Morgan fingerprint density at radius 3 is 2.50 bits per heavy atom. The molecule has 0 unspecified atom stereocenters. The molecule has 0 radical (unpaired) electrons. The van der Waals surface area contributed by atoms with Gasteiger partial charge in [-0.2, -0.15) is 0 Å². The van der Waals surface area contributed by atoms with Crippen LogP contribution in [0.25, 0.3) is 0 Å². The first-order chi connectivity index (χ1) is 10.8. The number of aliphatic imine (C=N–C) groups is 1. The van der Waals surface area contributed by atoms with Gasteiger partial charge in [0.25, 0.3) is 0 Å². The molecule has 120 valence electrons. The largest absolute Gasteiger partial charge is 0.497 e. The number of nitrogens with one attached hydrogen (secondary N) is 2. The summed E-state index contributed by atoms with van der Waals surface area (Å²) in [7, 11) is 3.54. The highest BCUT2D eigenvalue weighted by Crippen LogP contribution is 2.60. The van der Waals surface area contributed by atoms with Crippen LogP contribution < -0.4 is 15.4 Å². The first-order valence-electron chi connectivity index (χ1n) is 8.33. The van der Waals surface area contributed by atoms with E-state index in [1.54, 1.807) is 7.11 Å². The van der Waals surface area contributed by atoms with E-state index in [0.717, 1.165) is 37.1 Å². The first kappa shape index (κ1) is 15.2. The quantitative estimate of drug-likeness (QED) is 0.601. The van der Waals surface area contributed by atoms with Crippen LogP contribution in [-0.4, -0.2) is 33.2 Å². The van der Waals surface area contributed by atoms with Gasteiger partial charge in [-0.05, 0) is 61.1 Å². The number of hydrogen-bond acceptors (Lipinski definition) is 2. The minimum atomic E-state index is 0.605. The van der Waals surface area contributed by atoms with Crippen LogP contribution in [0.15, 0.2) is 29.3 Å². The van der Waals surface area contributed by atoms with E-state index in [1.807, 2.05) is 19.2 Å². The van der Waals surface area contributed by atoms with E-state index in [4.69, 9.17) is 4.74 Å². The lowest BCUT2D eigenvalue weighted by atomic mass is 10.0. The predicted octanol–water partition coefficient (Wildman–Crippen LogP) is 2.59. The van der Waals surface area contributed by atoms with Crippen molar-refractivity contribution in [2.75, 3.05) is 27.2 Å². The van der Waals surface area contributed by atoms with Crippen LogP contribution in [-0.2, 0) is 6.42 Å². The third kappa shape index (κ3) is 3.73. The number of methoxy groups -OCH3 is 1. The summed E-state index contributed by atoms with van der Waals surface area (Å²) >= 11 is 0. The van der Waals surface area contributed by atoms with Crippen LogP contribution >= 0.6 is 0 Å². The molecule has 2 aliphatic carbocycles. The zero-order valence-corrected chi connectivity index (χ0v) is 13.7. The maximum absolute atomic E-state index is 5.18. The Hall–Kier alpha value is -1.71. The van der Waals surface area contributed by atoms with Crippen LogP contribution in [0.3, 0.4) is 0 Å². The van der Waals surface area contributed by atoms with E-state index in [-0.39, 0.29) is 0 Å². The second kappa shape index (κ2) is 6.59. The van der Waals surface area contributed by atoms with Crippen molar-refractivity contribution in [3.63, 3.8) is 0 Å². The van der Waals surface area contributed by atoms with E-state index in [2.05, 4.69) is 27.8 Å². The molecule has 0 amide bonds. The van der Waals surface area contributed by atoms with Crippen LogP contribution in [0.1, 0.15) is 31.2 Å². The second-order valence-corrected chi connectivity index (χ2v) is 6.59. The lowest BCUT2D eigenvalue weighted by molar-refractivity contribution is 0.414. The number of nitrogens with zero attached hydrogens (tertiary/aromatic N) is 1. The second-order valence-electron chi connectivity index (χ2n) is 6.59. The van der Waals surface area contributed by atoms with Crippen molar-refractivity contribution in [1.29, 1.82) is 0 Å². The summed E-state index contributed by atoms with van der Waals surface area (Å²) < 4.78 is 5.18. The first-order valence-corrected chi connectivity index (χ1v) is 8.33. The average molecular weight is 301 g/mol. The lowest BCUT2D eigenvalue weighted by Crippen LogP contribution is -2.41. The molecule has 3 rings (SSSR count). The Kier molecular flexibility index (Phi) is 4.55. The van der Waals surface area contributed by atoms with Crippen molar-refractivity contribution in [2.24, 2.45) is 16.3 Å². The van der Waals surface area contributed by atoms with Gasteiger partial charge in [0, 0.05) is 20.1 Å². The third-order valence-electron chi connectivity index (χ3n) is 5.03. The molecule has 0 saturated heterocycles. The monoisotopic (exact) mass is 301 g/mol. The number of benzene rings is 1. The van der Waals surface area contributed by atoms with E-state index < -0.39 is 0 Å². The van der Waals surface area contributed by atoms with Crippen LogP contribution in [0.4, 0.5) is 0 Å². The maximum atomic E-state index is 5.18. The summed E-state index contributed by atoms with van der Waals surface area (Å²) in [4.78, 5) is 4.33. The van der Waals surface area contributed by atoms with Gasteiger partial charge in [-0.25, -0.2) is 0 Å². The van der Waals surface area contributed by atoms with Gasteiger partial charge >= 0.3 is 0 Å². The fourth-order valence-corrected chi connectivity index (χ4v) is 3.18. The van der Waals surface area contributed by atoms with E-state index >= 15 is 0 Å². The molecule has 1 aromatic rings. The van der Waals surface area contributed by atoms with Gasteiger partial charge in [-0.15, -0.1) is 0 Å². The molecule has 0 spiro atoms. The van der Waals surface area contributed by atoms with Crippen molar-refractivity contribution < 1.29 is 4.74 Å². The van der Waals surface area contributed by atoms with Crippen molar-refractivity contribution in [3.8, 4) is 5.75 Å². The Balaban J connectivity index is 1.39. The molecular weight excluding hydrogens is 274 g/mol. The minimum Gasteiger partial charge on any atom is -0.497 e. The van der Waals surface area contributed by atoms with Gasteiger partial charge in [0.15, 0.2) is 5.96 Å². The Morgan fingerprint density at radius 2 is 1.95 bits per heavy atom. The van der Waals surface area contributed by atoms with E-state index in [1.165, 1.54) is 31.2 Å². The highest BCUT2D eigenvalue weighted by atomic mass is 16.5. The van der Waals surface area contributed by atoms with Gasteiger partial charge in [0.2, 0.25) is 0 Å².